The lowest BCUT2D eigenvalue weighted by Gasteiger charge is -2.29. The van der Waals surface area contributed by atoms with Crippen LogP contribution in [-0.4, -0.2) is 35.2 Å². The number of likely N-dealkylation sites (tertiary alicyclic amines) is 1. The van der Waals surface area contributed by atoms with E-state index in [1.54, 1.807) is 0 Å². The summed E-state index contributed by atoms with van der Waals surface area (Å²) in [5.41, 5.74) is 4.46. The summed E-state index contributed by atoms with van der Waals surface area (Å²) in [4.78, 5) is 42.9. The first-order valence-corrected chi connectivity index (χ1v) is 12.5. The van der Waals surface area contributed by atoms with E-state index in [-0.39, 0.29) is 23.8 Å². The predicted molar refractivity (Wildman–Crippen MR) is 137 cm³/mol. The Morgan fingerprint density at radius 3 is 2.19 bits per heavy atom. The van der Waals surface area contributed by atoms with E-state index in [9.17, 15) is 14.4 Å². The number of hydrogen-bond donors (Lipinski definition) is 2. The SMILES string of the molecule is Cc1ccc2c(c1C)NC(=O)[C@@]21N[C@@H](Cc2ccccc2)[C@H]2C(=O)N(CCc3ccccc3)C(=O)[C@@H]21. The summed E-state index contributed by atoms with van der Waals surface area (Å²) in [5, 5.41) is 6.61. The van der Waals surface area contributed by atoms with Crippen molar-refractivity contribution in [3.8, 4) is 0 Å². The van der Waals surface area contributed by atoms with Gasteiger partial charge >= 0.3 is 0 Å². The molecule has 0 bridgehead atoms. The third kappa shape index (κ3) is 3.24. The molecule has 2 fully saturated rings. The molecule has 4 atom stereocenters. The zero-order valence-corrected chi connectivity index (χ0v) is 20.5. The average molecular weight is 480 g/mol. The van der Waals surface area contributed by atoms with Crippen LogP contribution >= 0.6 is 0 Å². The number of fused-ring (bicyclic) bond motifs is 4. The van der Waals surface area contributed by atoms with Crippen LogP contribution in [0.3, 0.4) is 0 Å². The Morgan fingerprint density at radius 2 is 1.50 bits per heavy atom. The molecule has 0 radical (unpaired) electrons. The van der Waals surface area contributed by atoms with Crippen LogP contribution < -0.4 is 10.6 Å². The van der Waals surface area contributed by atoms with E-state index < -0.39 is 17.4 Å². The van der Waals surface area contributed by atoms with E-state index in [0.717, 1.165) is 33.5 Å². The van der Waals surface area contributed by atoms with E-state index in [1.165, 1.54) is 4.90 Å². The lowest BCUT2D eigenvalue weighted by molar-refractivity contribution is -0.142. The van der Waals surface area contributed by atoms with Crippen molar-refractivity contribution in [2.75, 3.05) is 11.9 Å². The molecule has 1 spiro atoms. The molecular weight excluding hydrogens is 450 g/mol. The van der Waals surface area contributed by atoms with Crippen LogP contribution in [-0.2, 0) is 32.8 Å². The Kier molecular flexibility index (Phi) is 5.30. The smallest absolute Gasteiger partial charge is 0.250 e. The molecule has 0 aliphatic carbocycles. The first-order valence-electron chi connectivity index (χ1n) is 12.5. The largest absolute Gasteiger partial charge is 0.324 e. The summed E-state index contributed by atoms with van der Waals surface area (Å²) in [6, 6.07) is 23.4. The van der Waals surface area contributed by atoms with Gasteiger partial charge in [-0.15, -0.1) is 0 Å². The number of nitrogens with zero attached hydrogens (tertiary/aromatic N) is 1. The normalized spacial score (nSPS) is 26.4. The maximum Gasteiger partial charge on any atom is 0.250 e. The third-order valence-corrected chi connectivity index (χ3v) is 8.28. The standard InChI is InChI=1S/C30H29N3O3/c1-18-13-14-22-26(19(18)2)31-29(36)30(22)25-24(23(32-30)17-21-11-7-4-8-12-21)27(34)33(28(25)35)16-15-20-9-5-3-6-10-20/h3-14,23-25,32H,15-17H2,1-2H3,(H,31,36)/t23-,24+,25+,30+/m0/s1. The molecule has 3 aliphatic heterocycles. The van der Waals surface area contributed by atoms with Gasteiger partial charge in [0.15, 0.2) is 0 Å². The van der Waals surface area contributed by atoms with Crippen molar-refractivity contribution < 1.29 is 14.4 Å². The van der Waals surface area contributed by atoms with Gasteiger partial charge < -0.3 is 5.32 Å². The fourth-order valence-electron chi connectivity index (χ4n) is 6.33. The Hall–Kier alpha value is -3.77. The van der Waals surface area contributed by atoms with Crippen LogP contribution in [0, 0.1) is 25.7 Å². The molecule has 3 aliphatic rings. The van der Waals surface area contributed by atoms with Gasteiger partial charge in [-0.05, 0) is 48.9 Å². The van der Waals surface area contributed by atoms with E-state index in [0.29, 0.717) is 19.4 Å². The minimum absolute atomic E-state index is 0.184. The number of amides is 3. The molecule has 3 heterocycles. The Balaban J connectivity index is 1.42. The third-order valence-electron chi connectivity index (χ3n) is 8.28. The molecule has 3 aromatic rings. The van der Waals surface area contributed by atoms with Crippen molar-refractivity contribution in [3.05, 3.63) is 101 Å². The Morgan fingerprint density at radius 1 is 0.833 bits per heavy atom. The molecule has 3 amide bonds. The number of imide groups is 1. The number of hydrogen-bond acceptors (Lipinski definition) is 4. The lowest BCUT2D eigenvalue weighted by Crippen LogP contribution is -2.53. The van der Waals surface area contributed by atoms with Crippen LogP contribution in [0.4, 0.5) is 5.69 Å². The van der Waals surface area contributed by atoms with E-state index >= 15 is 0 Å². The molecule has 0 aromatic heterocycles. The molecule has 0 saturated carbocycles. The summed E-state index contributed by atoms with van der Waals surface area (Å²) in [5.74, 6) is -2.08. The topological polar surface area (TPSA) is 78.5 Å². The monoisotopic (exact) mass is 479 g/mol. The van der Waals surface area contributed by atoms with Crippen molar-refractivity contribution in [1.29, 1.82) is 0 Å². The summed E-state index contributed by atoms with van der Waals surface area (Å²) >= 11 is 0. The van der Waals surface area contributed by atoms with Gasteiger partial charge in [-0.1, -0.05) is 72.8 Å². The summed E-state index contributed by atoms with van der Waals surface area (Å²) in [6.45, 7) is 4.30. The minimum Gasteiger partial charge on any atom is -0.324 e. The molecule has 3 aromatic carbocycles. The van der Waals surface area contributed by atoms with Gasteiger partial charge in [0.05, 0.1) is 11.8 Å². The zero-order chi connectivity index (χ0) is 25.0. The number of aryl methyl sites for hydroxylation is 1. The number of benzene rings is 3. The molecule has 0 unspecified atom stereocenters. The van der Waals surface area contributed by atoms with Gasteiger partial charge in [0.2, 0.25) is 17.7 Å². The fraction of sp³-hybridized carbons (Fsp3) is 0.300. The maximum atomic E-state index is 14.0. The number of carbonyl (C=O) groups is 3. The second-order valence-electron chi connectivity index (χ2n) is 10.2. The number of anilines is 1. The van der Waals surface area contributed by atoms with Crippen LogP contribution in [0.1, 0.15) is 27.8 Å². The van der Waals surface area contributed by atoms with Crippen LogP contribution in [0.25, 0.3) is 0 Å². The van der Waals surface area contributed by atoms with Gasteiger partial charge in [0.1, 0.15) is 5.54 Å². The second kappa shape index (κ2) is 8.42. The zero-order valence-electron chi connectivity index (χ0n) is 20.5. The highest BCUT2D eigenvalue weighted by atomic mass is 16.2. The number of nitrogens with one attached hydrogen (secondary N) is 2. The van der Waals surface area contributed by atoms with E-state index in [4.69, 9.17) is 0 Å². The van der Waals surface area contributed by atoms with Gasteiger partial charge in [0.25, 0.3) is 0 Å². The van der Waals surface area contributed by atoms with Gasteiger partial charge in [-0.25, -0.2) is 0 Å². The fourth-order valence-corrected chi connectivity index (χ4v) is 6.33. The van der Waals surface area contributed by atoms with E-state index in [2.05, 4.69) is 10.6 Å². The Labute approximate surface area is 210 Å². The molecule has 6 rings (SSSR count). The predicted octanol–water partition coefficient (Wildman–Crippen LogP) is 3.51. The molecular formula is C30H29N3O3. The first kappa shape index (κ1) is 22.7. The number of carbonyl (C=O) groups excluding carboxylic acids is 3. The van der Waals surface area contributed by atoms with Crippen molar-refractivity contribution in [3.63, 3.8) is 0 Å². The van der Waals surface area contributed by atoms with Crippen molar-refractivity contribution in [2.45, 2.75) is 38.3 Å². The van der Waals surface area contributed by atoms with Gasteiger partial charge in [-0.3, -0.25) is 24.6 Å². The summed E-state index contributed by atoms with van der Waals surface area (Å²) in [7, 11) is 0. The quantitative estimate of drug-likeness (QED) is 0.549. The minimum atomic E-state index is -1.26. The molecule has 6 heteroatoms. The van der Waals surface area contributed by atoms with Crippen molar-refractivity contribution >= 4 is 23.4 Å². The van der Waals surface area contributed by atoms with Crippen molar-refractivity contribution in [1.82, 2.24) is 10.2 Å². The number of rotatable bonds is 5. The molecule has 36 heavy (non-hydrogen) atoms. The Bertz CT molecular complexity index is 1370. The summed E-state index contributed by atoms with van der Waals surface area (Å²) < 4.78 is 0. The van der Waals surface area contributed by atoms with Crippen LogP contribution in [0.15, 0.2) is 72.8 Å². The van der Waals surface area contributed by atoms with E-state index in [1.807, 2.05) is 86.6 Å². The lowest BCUT2D eigenvalue weighted by atomic mass is 9.75. The van der Waals surface area contributed by atoms with Gasteiger partial charge in [0, 0.05) is 23.8 Å². The van der Waals surface area contributed by atoms with Gasteiger partial charge in [-0.2, -0.15) is 0 Å². The highest BCUT2D eigenvalue weighted by molar-refractivity contribution is 6.15. The second-order valence-corrected chi connectivity index (χ2v) is 10.2. The molecule has 2 N–H and O–H groups in total. The van der Waals surface area contributed by atoms with Crippen molar-refractivity contribution in [2.24, 2.45) is 11.8 Å². The highest BCUT2D eigenvalue weighted by Crippen LogP contribution is 2.54. The average Bonchev–Trinajstić information content (AvgIpc) is 3.46. The molecule has 6 nitrogen and oxygen atoms in total. The summed E-state index contributed by atoms with van der Waals surface area (Å²) in [6.07, 6.45) is 1.14. The molecule has 2 saturated heterocycles. The molecule has 182 valence electrons. The maximum absolute atomic E-state index is 14.0. The first-order chi connectivity index (χ1) is 17.4. The van der Waals surface area contributed by atoms with Crippen LogP contribution in [0.5, 0.6) is 0 Å². The highest BCUT2D eigenvalue weighted by Gasteiger charge is 2.70. The van der Waals surface area contributed by atoms with Crippen LogP contribution in [0.2, 0.25) is 0 Å².